The molecule has 3 aromatic heterocycles. The molecule has 0 radical (unpaired) electrons. The van der Waals surface area contributed by atoms with Crippen molar-refractivity contribution in [1.82, 2.24) is 19.9 Å². The van der Waals surface area contributed by atoms with E-state index in [9.17, 15) is 9.59 Å². The molecule has 2 N–H and O–H groups in total. The van der Waals surface area contributed by atoms with Crippen molar-refractivity contribution in [3.8, 4) is 0 Å². The molecular weight excluding hydrogens is 488 g/mol. The van der Waals surface area contributed by atoms with Gasteiger partial charge < -0.3 is 19.5 Å². The molecule has 2 aliphatic heterocycles. The van der Waals surface area contributed by atoms with Crippen molar-refractivity contribution < 1.29 is 14.3 Å². The molecule has 1 unspecified atom stereocenters. The highest BCUT2D eigenvalue weighted by atomic mass is 16.5. The summed E-state index contributed by atoms with van der Waals surface area (Å²) in [5, 5.41) is 0. The van der Waals surface area contributed by atoms with Gasteiger partial charge in [0.1, 0.15) is 6.29 Å². The van der Waals surface area contributed by atoms with Gasteiger partial charge in [-0.1, -0.05) is 26.5 Å². The fourth-order valence-corrected chi connectivity index (χ4v) is 5.79. The van der Waals surface area contributed by atoms with Gasteiger partial charge in [0.2, 0.25) is 0 Å². The Bertz CT molecular complexity index is 1740. The number of carbonyl (C=O) groups excluding carboxylic acids is 2. The van der Waals surface area contributed by atoms with E-state index >= 15 is 0 Å². The van der Waals surface area contributed by atoms with Crippen molar-refractivity contribution >= 4 is 51.5 Å². The molecule has 0 saturated carbocycles. The van der Waals surface area contributed by atoms with Crippen LogP contribution in [-0.4, -0.2) is 39.3 Å². The van der Waals surface area contributed by atoms with Gasteiger partial charge in [0, 0.05) is 56.9 Å². The Labute approximate surface area is 228 Å². The SMILES string of the molecule is C=Cc1c(C)c2cc3nc(c(CC=O)c4nc(cc5[nH]c(cc1[nH]2)c(C)c5CC)C(C)=C4C(=O)OC)CC3C. The minimum Gasteiger partial charge on any atom is -0.465 e. The number of esters is 1. The zero-order valence-electron chi connectivity index (χ0n) is 23.4. The maximum atomic E-state index is 13.0. The molecule has 5 rings (SSSR count). The van der Waals surface area contributed by atoms with Crippen LogP contribution in [0.5, 0.6) is 0 Å². The molecule has 200 valence electrons. The molecule has 0 saturated heterocycles. The van der Waals surface area contributed by atoms with Gasteiger partial charge in [0.05, 0.1) is 24.1 Å². The Hall–Kier alpha value is -4.26. The van der Waals surface area contributed by atoms with Gasteiger partial charge in [0.25, 0.3) is 0 Å². The Morgan fingerprint density at radius 2 is 1.77 bits per heavy atom. The third kappa shape index (κ3) is 4.32. The van der Waals surface area contributed by atoms with Gasteiger partial charge in [-0.25, -0.2) is 9.78 Å². The van der Waals surface area contributed by atoms with E-state index in [0.717, 1.165) is 62.9 Å². The maximum absolute atomic E-state index is 13.0. The number of fused-ring (bicyclic) bond motifs is 8. The molecule has 7 heteroatoms. The predicted octanol–water partition coefficient (Wildman–Crippen LogP) is 6.33. The molecule has 0 amide bonds. The van der Waals surface area contributed by atoms with Gasteiger partial charge in [-0.2, -0.15) is 0 Å². The number of aryl methyl sites for hydroxylation is 3. The topological polar surface area (TPSA) is 101 Å². The molecule has 0 spiro atoms. The monoisotopic (exact) mass is 522 g/mol. The van der Waals surface area contributed by atoms with E-state index in [-0.39, 0.29) is 12.3 Å². The lowest BCUT2D eigenvalue weighted by atomic mass is 9.97. The van der Waals surface area contributed by atoms with Crippen LogP contribution in [0.3, 0.4) is 0 Å². The summed E-state index contributed by atoms with van der Waals surface area (Å²) in [6, 6.07) is 6.20. The number of ether oxygens (including phenoxy) is 1. The molecule has 3 aromatic rings. The summed E-state index contributed by atoms with van der Waals surface area (Å²) < 4.78 is 5.17. The first-order chi connectivity index (χ1) is 18.7. The lowest BCUT2D eigenvalue weighted by Crippen LogP contribution is -2.08. The number of hydrogen-bond acceptors (Lipinski definition) is 5. The van der Waals surface area contributed by atoms with Crippen LogP contribution in [0, 0.1) is 13.8 Å². The lowest BCUT2D eigenvalue weighted by Gasteiger charge is -2.07. The summed E-state index contributed by atoms with van der Waals surface area (Å²) in [6.07, 6.45) is 4.30. The Morgan fingerprint density at radius 1 is 1.05 bits per heavy atom. The Balaban J connectivity index is 2.03. The number of aldehydes is 1. The Kier molecular flexibility index (Phi) is 6.85. The van der Waals surface area contributed by atoms with Gasteiger partial charge in [-0.15, -0.1) is 0 Å². The summed E-state index contributed by atoms with van der Waals surface area (Å²) in [5.74, 6) is -0.347. The number of H-pyrrole nitrogens is 2. The number of aromatic nitrogens is 4. The Morgan fingerprint density at radius 3 is 2.44 bits per heavy atom. The lowest BCUT2D eigenvalue weighted by molar-refractivity contribution is -0.133. The van der Waals surface area contributed by atoms with Crippen LogP contribution in [0.4, 0.5) is 0 Å². The summed E-state index contributed by atoms with van der Waals surface area (Å²) in [6.45, 7) is 14.4. The van der Waals surface area contributed by atoms with Crippen LogP contribution in [0.15, 0.2) is 24.8 Å². The van der Waals surface area contributed by atoms with Crippen LogP contribution in [0.25, 0.3) is 39.3 Å². The largest absolute Gasteiger partial charge is 0.465 e. The molecule has 2 aliphatic rings. The van der Waals surface area contributed by atoms with Crippen LogP contribution in [0.2, 0.25) is 0 Å². The summed E-state index contributed by atoms with van der Waals surface area (Å²) in [4.78, 5) is 42.0. The standard InChI is InChI=1S/C32H34N4O3/c1-8-20-17(4)24-13-23-16(3)12-27(33-23)22(10-11-37)31-30(32(38)39-7)19(6)26(36-31)15-29-21(9-2)18(5)25(35-29)14-28(20)34-24/h8,11,13-16,34-35H,1,9-10,12H2,2-7H3. The molecule has 1 atom stereocenters. The minimum absolute atomic E-state index is 0.103. The highest BCUT2D eigenvalue weighted by molar-refractivity contribution is 6.25. The zero-order chi connectivity index (χ0) is 28.0. The third-order valence-corrected chi connectivity index (χ3v) is 8.05. The highest BCUT2D eigenvalue weighted by Crippen LogP contribution is 2.36. The number of methoxy groups -OCH3 is 1. The van der Waals surface area contributed by atoms with Gasteiger partial charge in [-0.05, 0) is 74.1 Å². The van der Waals surface area contributed by atoms with Crippen molar-refractivity contribution in [2.24, 2.45) is 0 Å². The maximum Gasteiger partial charge on any atom is 0.340 e. The van der Waals surface area contributed by atoms with E-state index in [0.29, 0.717) is 34.5 Å². The van der Waals surface area contributed by atoms with E-state index in [1.54, 1.807) is 0 Å². The van der Waals surface area contributed by atoms with Crippen molar-refractivity contribution in [3.63, 3.8) is 0 Å². The predicted molar refractivity (Wildman–Crippen MR) is 156 cm³/mol. The quantitative estimate of drug-likeness (QED) is 0.301. The fourth-order valence-electron chi connectivity index (χ4n) is 5.79. The first-order valence-electron chi connectivity index (χ1n) is 13.3. The van der Waals surface area contributed by atoms with E-state index in [1.165, 1.54) is 12.7 Å². The number of allylic oxidation sites excluding steroid dienone is 1. The van der Waals surface area contributed by atoms with Crippen LogP contribution in [0.1, 0.15) is 77.3 Å². The number of rotatable bonds is 5. The minimum atomic E-state index is -0.475. The molecule has 5 heterocycles. The molecule has 0 aliphatic carbocycles. The van der Waals surface area contributed by atoms with Gasteiger partial charge in [-0.3, -0.25) is 4.98 Å². The summed E-state index contributed by atoms with van der Waals surface area (Å²) in [5.41, 5.74) is 12.9. The number of nitrogens with zero attached hydrogens (tertiary/aromatic N) is 2. The average Bonchev–Trinajstić information content (AvgIpc) is 3.61. The smallest absolute Gasteiger partial charge is 0.340 e. The average molecular weight is 523 g/mol. The fraction of sp³-hybridized carbons (Fsp3) is 0.312. The number of carbonyl (C=O) groups is 2. The van der Waals surface area contributed by atoms with Gasteiger partial charge >= 0.3 is 5.97 Å². The van der Waals surface area contributed by atoms with E-state index in [1.807, 2.05) is 19.1 Å². The molecule has 0 aromatic carbocycles. The molecule has 0 fully saturated rings. The first-order valence-corrected chi connectivity index (χ1v) is 13.3. The zero-order valence-corrected chi connectivity index (χ0v) is 23.4. The van der Waals surface area contributed by atoms with Crippen molar-refractivity contribution in [2.45, 2.75) is 59.8 Å². The molecule has 8 bridgehead atoms. The first kappa shape index (κ1) is 26.4. The van der Waals surface area contributed by atoms with Crippen LogP contribution < -0.4 is 0 Å². The molecule has 39 heavy (non-hydrogen) atoms. The normalized spacial score (nSPS) is 15.0. The summed E-state index contributed by atoms with van der Waals surface area (Å²) in [7, 11) is 1.36. The van der Waals surface area contributed by atoms with Crippen molar-refractivity contribution in [1.29, 1.82) is 0 Å². The van der Waals surface area contributed by atoms with E-state index in [4.69, 9.17) is 14.7 Å². The van der Waals surface area contributed by atoms with Crippen molar-refractivity contribution in [3.05, 3.63) is 75.4 Å². The van der Waals surface area contributed by atoms with E-state index < -0.39 is 5.97 Å². The van der Waals surface area contributed by atoms with Crippen LogP contribution in [-0.2, 0) is 33.6 Å². The van der Waals surface area contributed by atoms with Crippen LogP contribution >= 0.6 is 0 Å². The summed E-state index contributed by atoms with van der Waals surface area (Å²) >= 11 is 0. The second kappa shape index (κ2) is 10.1. The highest BCUT2D eigenvalue weighted by Gasteiger charge is 2.29. The number of aromatic amines is 2. The van der Waals surface area contributed by atoms with Crippen molar-refractivity contribution in [2.75, 3.05) is 7.11 Å². The van der Waals surface area contributed by atoms with E-state index in [2.05, 4.69) is 56.4 Å². The second-order valence-electron chi connectivity index (χ2n) is 10.3. The molecular formula is C32H34N4O3. The third-order valence-electron chi connectivity index (χ3n) is 8.05. The molecule has 7 nitrogen and oxygen atoms in total. The number of nitrogens with one attached hydrogen (secondary N) is 2. The van der Waals surface area contributed by atoms with Gasteiger partial charge in [0.15, 0.2) is 0 Å². The second-order valence-corrected chi connectivity index (χ2v) is 10.3. The number of hydrogen-bond donors (Lipinski definition) is 2.